The van der Waals surface area contributed by atoms with Crippen LogP contribution in [0.2, 0.25) is 0 Å². The Bertz CT molecular complexity index is 788. The van der Waals surface area contributed by atoms with Crippen LogP contribution in [0.25, 0.3) is 0 Å². The molecule has 0 fully saturated rings. The van der Waals surface area contributed by atoms with Gasteiger partial charge in [0, 0.05) is 5.56 Å². The van der Waals surface area contributed by atoms with Crippen molar-refractivity contribution in [1.29, 1.82) is 0 Å². The molecule has 6 nitrogen and oxygen atoms in total. The second kappa shape index (κ2) is 7.24. The number of hydrogen-bond acceptors (Lipinski definition) is 7. The lowest BCUT2D eigenvalue weighted by Crippen LogP contribution is -2.60. The zero-order valence-corrected chi connectivity index (χ0v) is 14.8. The Balaban J connectivity index is 1.96. The smallest absolute Gasteiger partial charge is 0.242 e. The molecular weight excluding hydrogens is 374 g/mol. The molecule has 0 radical (unpaired) electrons. The number of rotatable bonds is 5. The average molecular weight is 386 g/mol. The van der Waals surface area contributed by atoms with E-state index in [1.165, 1.54) is 11.8 Å². The molecule has 9 heteroatoms. The van der Waals surface area contributed by atoms with E-state index in [4.69, 9.17) is 4.74 Å². The molecule has 0 amide bonds. The Hall–Kier alpha value is -1.39. The van der Waals surface area contributed by atoms with E-state index >= 15 is 0 Å². The minimum atomic E-state index is -4.58. The van der Waals surface area contributed by atoms with Gasteiger partial charge in [0.05, 0.1) is 17.4 Å². The third-order valence-electron chi connectivity index (χ3n) is 3.00. The highest BCUT2D eigenvalue weighted by molar-refractivity contribution is 8.42. The zero-order chi connectivity index (χ0) is 17.2. The molecule has 0 saturated heterocycles. The van der Waals surface area contributed by atoms with Crippen molar-refractivity contribution >= 4 is 32.0 Å². The molecule has 0 bridgehead atoms. The summed E-state index contributed by atoms with van der Waals surface area (Å²) in [6, 6.07) is 16.3. The van der Waals surface area contributed by atoms with E-state index in [2.05, 4.69) is 8.13 Å². The van der Waals surface area contributed by atoms with Gasteiger partial charge in [0.15, 0.2) is 3.74 Å². The maximum absolute atomic E-state index is 11.0. The maximum atomic E-state index is 11.0. The number of nitrogens with zero attached hydrogens (tertiary/aromatic N) is 1. The lowest BCUT2D eigenvalue weighted by Gasteiger charge is -2.12. The van der Waals surface area contributed by atoms with Crippen LogP contribution in [0.3, 0.4) is 0 Å². The standard InChI is InChI=1S/C15H12ClNO5S2/c1-21-13-9-7-12(8-10-13)15-23-14(11-5-3-2-4-6-11)17-24(15)22-16(18,19)20/h2-10H,1H3. The monoisotopic (exact) mass is 385 g/mol. The van der Waals surface area contributed by atoms with Gasteiger partial charge in [-0.05, 0) is 29.8 Å². The van der Waals surface area contributed by atoms with Gasteiger partial charge in [-0.25, -0.2) is 0 Å². The first kappa shape index (κ1) is 17.4. The molecule has 0 aliphatic carbocycles. The molecule has 3 rings (SSSR count). The van der Waals surface area contributed by atoms with Crippen LogP contribution < -0.4 is 18.7 Å². The average Bonchev–Trinajstić information content (AvgIpc) is 2.97. The summed E-state index contributed by atoms with van der Waals surface area (Å²) >= 11 is 1.28. The van der Waals surface area contributed by atoms with Gasteiger partial charge in [-0.2, -0.15) is 18.4 Å². The minimum absolute atomic E-state index is 0.559. The molecule has 2 aromatic rings. The third kappa shape index (κ3) is 4.17. The van der Waals surface area contributed by atoms with Crippen molar-refractivity contribution in [2.24, 2.45) is 4.40 Å². The topological polar surface area (TPSA) is 100 Å². The van der Waals surface area contributed by atoms with Gasteiger partial charge in [-0.3, -0.25) is 0 Å². The summed E-state index contributed by atoms with van der Waals surface area (Å²) in [5, 5.41) is 0.601. The van der Waals surface area contributed by atoms with Crippen LogP contribution in [0.4, 0.5) is 0 Å². The first-order chi connectivity index (χ1) is 11.5. The quantitative estimate of drug-likeness (QED) is 0.690. The Morgan fingerprint density at radius 2 is 1.62 bits per heavy atom. The van der Waals surface area contributed by atoms with Gasteiger partial charge in [0.2, 0.25) is 11.0 Å². The molecule has 1 aliphatic heterocycles. The van der Waals surface area contributed by atoms with Gasteiger partial charge in [0.25, 0.3) is 0 Å². The summed E-state index contributed by atoms with van der Waals surface area (Å²) in [6.45, 7) is 0. The minimum Gasteiger partial charge on any atom is -0.497 e. The predicted octanol–water partition coefficient (Wildman–Crippen LogP) is 0.380. The molecule has 1 heterocycles. The highest BCUT2D eigenvalue weighted by atomic mass is 35.7. The summed E-state index contributed by atoms with van der Waals surface area (Å²) < 4.78 is 47.5. The highest BCUT2D eigenvalue weighted by Crippen LogP contribution is 2.40. The summed E-state index contributed by atoms with van der Waals surface area (Å²) in [5.74, 6) is 0.668. The third-order valence-corrected chi connectivity index (χ3v) is 6.73. The number of methoxy groups -OCH3 is 1. The van der Waals surface area contributed by atoms with E-state index in [-0.39, 0.29) is 0 Å². The second-order valence-corrected chi connectivity index (χ2v) is 8.18. The number of thioether (sulfide) groups is 1. The molecule has 2 aromatic carbocycles. The maximum Gasteiger partial charge on any atom is 0.242 e. The largest absolute Gasteiger partial charge is 0.497 e. The normalized spacial score (nSPS) is 17.8. The molecule has 0 aromatic heterocycles. The van der Waals surface area contributed by atoms with E-state index in [9.17, 15) is 14.0 Å². The first-order valence-corrected chi connectivity index (χ1v) is 9.80. The van der Waals surface area contributed by atoms with Crippen molar-refractivity contribution in [3.8, 4) is 5.75 Å². The Kier molecular flexibility index (Phi) is 5.26. The van der Waals surface area contributed by atoms with Crippen LogP contribution in [0.15, 0.2) is 59.0 Å². The van der Waals surface area contributed by atoms with Crippen LogP contribution in [0.1, 0.15) is 11.1 Å². The van der Waals surface area contributed by atoms with Gasteiger partial charge >= 0.3 is 0 Å². The van der Waals surface area contributed by atoms with Crippen molar-refractivity contribution in [2.45, 2.75) is 0 Å². The highest BCUT2D eigenvalue weighted by Gasteiger charge is 2.32. The number of benzene rings is 2. The molecule has 24 heavy (non-hydrogen) atoms. The second-order valence-electron chi connectivity index (χ2n) is 4.57. The molecule has 0 saturated carbocycles. The summed E-state index contributed by atoms with van der Waals surface area (Å²) in [5.41, 5.74) is 1.55. The van der Waals surface area contributed by atoms with Crippen molar-refractivity contribution in [1.82, 2.24) is 0 Å². The predicted molar refractivity (Wildman–Crippen MR) is 86.3 cm³/mol. The van der Waals surface area contributed by atoms with E-state index in [0.717, 1.165) is 11.1 Å². The lowest BCUT2D eigenvalue weighted by atomic mass is 10.2. The van der Waals surface area contributed by atoms with Crippen LogP contribution in [-0.4, -0.2) is 16.4 Å². The van der Waals surface area contributed by atoms with Gasteiger partial charge in [0.1, 0.15) is 15.0 Å². The lowest BCUT2D eigenvalue weighted by molar-refractivity contribution is -1.91. The zero-order valence-electron chi connectivity index (χ0n) is 12.4. The van der Waals surface area contributed by atoms with E-state index in [0.29, 0.717) is 15.0 Å². The van der Waals surface area contributed by atoms with Crippen molar-refractivity contribution in [2.75, 3.05) is 7.11 Å². The fourth-order valence-corrected chi connectivity index (χ4v) is 5.46. The van der Waals surface area contributed by atoms with Gasteiger partial charge in [-0.15, -0.1) is 0 Å². The van der Waals surface area contributed by atoms with Crippen molar-refractivity contribution in [3.63, 3.8) is 0 Å². The fourth-order valence-electron chi connectivity index (χ4n) is 1.95. The van der Waals surface area contributed by atoms with Crippen LogP contribution in [0, 0.1) is 10.2 Å². The van der Waals surface area contributed by atoms with Gasteiger partial charge in [-0.1, -0.05) is 42.1 Å². The number of hydrogen-bond donors (Lipinski definition) is 0. The Labute approximate surface area is 147 Å². The summed E-state index contributed by atoms with van der Waals surface area (Å²) in [7, 11) is -4.54. The van der Waals surface area contributed by atoms with Crippen LogP contribution >= 0.6 is 22.7 Å². The SMILES string of the molecule is COc1ccc(C2=S(O[Cl+3]([O-])([O-])[O-])N=C(c3ccccc3)S2)cc1. The van der Waals surface area contributed by atoms with Crippen LogP contribution in [-0.2, 0) is 3.74 Å². The molecular formula is C15H12ClNO5S2. The van der Waals surface area contributed by atoms with Crippen LogP contribution in [0.5, 0.6) is 5.75 Å². The summed E-state index contributed by atoms with van der Waals surface area (Å²) in [4.78, 5) is 0. The van der Waals surface area contributed by atoms with E-state index < -0.39 is 21.2 Å². The van der Waals surface area contributed by atoms with Crippen molar-refractivity contribution in [3.05, 3.63) is 65.7 Å². The van der Waals surface area contributed by atoms with Gasteiger partial charge < -0.3 is 4.74 Å². The van der Waals surface area contributed by atoms with E-state index in [1.807, 2.05) is 30.3 Å². The summed E-state index contributed by atoms with van der Waals surface area (Å²) in [6.07, 6.45) is 0. The Morgan fingerprint density at radius 3 is 2.21 bits per heavy atom. The molecule has 1 aliphatic rings. The fraction of sp³-hybridized carbons (Fsp3) is 0.0667. The molecule has 0 spiro atoms. The molecule has 126 valence electrons. The Morgan fingerprint density at radius 1 is 0.958 bits per heavy atom. The molecule has 1 unspecified atom stereocenters. The number of halogens is 1. The molecule has 1 atom stereocenters. The van der Waals surface area contributed by atoms with E-state index in [1.54, 1.807) is 31.4 Å². The first-order valence-electron chi connectivity index (χ1n) is 6.65. The molecule has 0 N–H and O–H groups in total. The van der Waals surface area contributed by atoms with Crippen molar-refractivity contribution < 1.29 is 32.7 Å². The number of ether oxygens (including phenoxy) is 1.